The van der Waals surface area contributed by atoms with Crippen molar-refractivity contribution >= 4 is 24.8 Å². The Labute approximate surface area is 204 Å². The molecule has 182 valence electrons. The third-order valence-electron chi connectivity index (χ3n) is 6.02. The summed E-state index contributed by atoms with van der Waals surface area (Å²) in [6, 6.07) is 20.5. The number of amides is 1. The highest BCUT2D eigenvalue weighted by atomic mass is 28.4. The lowest BCUT2D eigenvalue weighted by molar-refractivity contribution is 0.0141. The first-order chi connectivity index (χ1) is 15.9. The first-order valence-corrected chi connectivity index (χ1v) is 13.6. The first-order valence-electron chi connectivity index (χ1n) is 11.7. The van der Waals surface area contributed by atoms with Crippen LogP contribution in [0, 0.1) is 0 Å². The van der Waals surface area contributed by atoms with Crippen LogP contribution in [0.15, 0.2) is 84.7 Å². The number of hydrogen-bond donors (Lipinski definition) is 1. The third-order valence-corrected chi connectivity index (χ3v) is 11.1. The van der Waals surface area contributed by atoms with Gasteiger partial charge in [-0.15, -0.1) is 0 Å². The average molecular weight is 480 g/mol. The smallest absolute Gasteiger partial charge is 0.410 e. The Morgan fingerprint density at radius 3 is 1.91 bits per heavy atom. The average Bonchev–Trinajstić information content (AvgIpc) is 2.77. The molecular formula is C28H37NO4Si. The summed E-state index contributed by atoms with van der Waals surface area (Å²) in [6.45, 7) is 16.4. The van der Waals surface area contributed by atoms with Crippen molar-refractivity contribution in [1.82, 2.24) is 4.90 Å². The Morgan fingerprint density at radius 1 is 1.00 bits per heavy atom. The van der Waals surface area contributed by atoms with Crippen molar-refractivity contribution in [2.45, 2.75) is 58.3 Å². The lowest BCUT2D eigenvalue weighted by Crippen LogP contribution is -2.68. The normalized spacial score (nSPS) is 17.5. The zero-order valence-electron chi connectivity index (χ0n) is 21.2. The van der Waals surface area contributed by atoms with Gasteiger partial charge in [0.2, 0.25) is 0 Å². The Kier molecular flexibility index (Phi) is 7.43. The van der Waals surface area contributed by atoms with Gasteiger partial charge in [0.15, 0.2) is 0 Å². The van der Waals surface area contributed by atoms with Crippen molar-refractivity contribution in [3.8, 4) is 0 Å². The molecule has 0 radical (unpaired) electrons. The molecule has 1 aliphatic rings. The van der Waals surface area contributed by atoms with Gasteiger partial charge in [0.25, 0.3) is 8.32 Å². The molecule has 0 aliphatic carbocycles. The van der Waals surface area contributed by atoms with Crippen LogP contribution in [0.3, 0.4) is 0 Å². The minimum absolute atomic E-state index is 0.128. The third kappa shape index (κ3) is 5.29. The Hall–Kier alpha value is -2.83. The molecule has 6 heteroatoms. The van der Waals surface area contributed by atoms with E-state index in [9.17, 15) is 9.90 Å². The zero-order valence-corrected chi connectivity index (χ0v) is 22.2. The summed E-state index contributed by atoms with van der Waals surface area (Å²) in [7, 11) is -2.94. The number of aliphatic hydroxyl groups is 1. The van der Waals surface area contributed by atoms with Crippen LogP contribution in [0.25, 0.3) is 0 Å². The largest absolute Gasteiger partial charge is 0.509 e. The Bertz CT molecular complexity index is 996. The molecule has 1 aliphatic heterocycles. The molecule has 0 bridgehead atoms. The fourth-order valence-electron chi connectivity index (χ4n) is 4.48. The van der Waals surface area contributed by atoms with Crippen LogP contribution in [0.4, 0.5) is 4.79 Å². The van der Waals surface area contributed by atoms with E-state index in [0.29, 0.717) is 5.57 Å². The fourth-order valence-corrected chi connectivity index (χ4v) is 9.10. The van der Waals surface area contributed by atoms with E-state index < -0.39 is 26.1 Å². The lowest BCUT2D eigenvalue weighted by Gasteiger charge is -2.46. The van der Waals surface area contributed by atoms with Crippen LogP contribution in [0.5, 0.6) is 0 Å². The maximum atomic E-state index is 13.0. The van der Waals surface area contributed by atoms with Gasteiger partial charge in [-0.2, -0.15) is 0 Å². The Morgan fingerprint density at radius 2 is 1.50 bits per heavy atom. The summed E-state index contributed by atoms with van der Waals surface area (Å²) in [4.78, 5) is 14.5. The van der Waals surface area contributed by atoms with Gasteiger partial charge in [-0.05, 0) is 36.2 Å². The highest BCUT2D eigenvalue weighted by Gasteiger charge is 2.52. The lowest BCUT2D eigenvalue weighted by atomic mass is 10.1. The summed E-state index contributed by atoms with van der Waals surface area (Å²) in [5.41, 5.74) is -0.0526. The first kappa shape index (κ1) is 25.8. The standard InChI is InChI=1S/C28H37NO4Si/c1-8-21-19-29(26(31)32-27(2,3)4)20-24(25(21)30)33-34(28(5,6)7,22-15-11-9-12-16-22)23-17-13-10-14-18-23/h8-18,24,30H,1,19-20H2,2-7H3/t24-/m1/s1. The SMILES string of the molecule is C=CC1=C(O)[C@H](O[Si](c2ccccc2)(c2ccccc2)C(C)(C)C)CN(C(=O)OC(C)(C)C)C1. The van der Waals surface area contributed by atoms with Crippen molar-refractivity contribution in [2.24, 2.45) is 0 Å². The number of hydrogen-bond acceptors (Lipinski definition) is 4. The van der Waals surface area contributed by atoms with Crippen molar-refractivity contribution < 1.29 is 19.1 Å². The summed E-state index contributed by atoms with van der Waals surface area (Å²) in [5, 5.41) is 13.2. The molecule has 1 amide bonds. The van der Waals surface area contributed by atoms with Crippen LogP contribution >= 0.6 is 0 Å². The topological polar surface area (TPSA) is 59.0 Å². The van der Waals surface area contributed by atoms with Crippen molar-refractivity contribution in [3.63, 3.8) is 0 Å². The summed E-state index contributed by atoms with van der Waals surface area (Å²) in [6.07, 6.45) is 0.448. The van der Waals surface area contributed by atoms with Gasteiger partial charge < -0.3 is 19.2 Å². The van der Waals surface area contributed by atoms with Crippen molar-refractivity contribution in [2.75, 3.05) is 13.1 Å². The summed E-state index contributed by atoms with van der Waals surface area (Å²) < 4.78 is 12.7. The van der Waals surface area contributed by atoms with E-state index in [2.05, 4.69) is 51.6 Å². The number of carbonyl (C=O) groups is 1. The molecule has 3 rings (SSSR count). The van der Waals surface area contributed by atoms with E-state index in [1.54, 1.807) is 11.0 Å². The van der Waals surface area contributed by atoms with Gasteiger partial charge in [0.1, 0.15) is 17.5 Å². The van der Waals surface area contributed by atoms with Crippen molar-refractivity contribution in [1.29, 1.82) is 0 Å². The maximum absolute atomic E-state index is 13.0. The minimum Gasteiger partial charge on any atom is -0.509 e. The van der Waals surface area contributed by atoms with Crippen molar-refractivity contribution in [3.05, 3.63) is 84.7 Å². The molecule has 0 fully saturated rings. The van der Waals surface area contributed by atoms with Gasteiger partial charge in [-0.1, -0.05) is 94.1 Å². The molecule has 1 N–H and O–H groups in total. The van der Waals surface area contributed by atoms with E-state index in [-0.39, 0.29) is 23.9 Å². The number of aliphatic hydroxyl groups excluding tert-OH is 1. The second kappa shape index (κ2) is 9.80. The van der Waals surface area contributed by atoms with E-state index in [1.807, 2.05) is 57.2 Å². The number of carbonyl (C=O) groups excluding carboxylic acids is 1. The van der Waals surface area contributed by atoms with Gasteiger partial charge in [0.05, 0.1) is 13.1 Å². The predicted octanol–water partition coefficient (Wildman–Crippen LogP) is 5.18. The predicted molar refractivity (Wildman–Crippen MR) is 140 cm³/mol. The summed E-state index contributed by atoms with van der Waals surface area (Å²) in [5.74, 6) is 0.128. The van der Waals surface area contributed by atoms with Gasteiger partial charge in [-0.25, -0.2) is 4.79 Å². The maximum Gasteiger partial charge on any atom is 0.410 e. The second-order valence-corrected chi connectivity index (χ2v) is 15.0. The fraction of sp³-hybridized carbons (Fsp3) is 0.393. The molecular weight excluding hydrogens is 442 g/mol. The molecule has 2 aromatic carbocycles. The summed E-state index contributed by atoms with van der Waals surface area (Å²) >= 11 is 0. The quantitative estimate of drug-likeness (QED) is 0.601. The number of benzene rings is 2. The highest BCUT2D eigenvalue weighted by molar-refractivity contribution is 6.99. The van der Waals surface area contributed by atoms with E-state index >= 15 is 0 Å². The van der Waals surface area contributed by atoms with Crippen LogP contribution in [-0.2, 0) is 9.16 Å². The molecule has 0 spiro atoms. The molecule has 0 unspecified atom stereocenters. The number of rotatable bonds is 5. The molecule has 0 saturated heterocycles. The van der Waals surface area contributed by atoms with E-state index in [1.165, 1.54) is 0 Å². The van der Waals surface area contributed by atoms with Gasteiger partial charge >= 0.3 is 6.09 Å². The zero-order chi connectivity index (χ0) is 25.1. The Balaban J connectivity index is 2.13. The molecule has 0 saturated carbocycles. The number of nitrogens with zero attached hydrogens (tertiary/aromatic N) is 1. The molecule has 0 aromatic heterocycles. The van der Waals surface area contributed by atoms with Gasteiger partial charge in [-0.3, -0.25) is 0 Å². The molecule has 5 nitrogen and oxygen atoms in total. The van der Waals surface area contributed by atoms with E-state index in [0.717, 1.165) is 10.4 Å². The van der Waals surface area contributed by atoms with Crippen LogP contribution in [0.2, 0.25) is 5.04 Å². The van der Waals surface area contributed by atoms with Crippen LogP contribution in [-0.4, -0.2) is 49.2 Å². The molecule has 2 aromatic rings. The number of ether oxygens (including phenoxy) is 1. The van der Waals surface area contributed by atoms with E-state index in [4.69, 9.17) is 9.16 Å². The molecule has 34 heavy (non-hydrogen) atoms. The molecule has 1 heterocycles. The van der Waals surface area contributed by atoms with Gasteiger partial charge in [0, 0.05) is 5.57 Å². The van der Waals surface area contributed by atoms with Crippen LogP contribution < -0.4 is 10.4 Å². The molecule has 1 atom stereocenters. The second-order valence-electron chi connectivity index (χ2n) is 10.7. The van der Waals surface area contributed by atoms with Crippen LogP contribution in [0.1, 0.15) is 41.5 Å². The minimum atomic E-state index is -2.94. The highest BCUT2D eigenvalue weighted by Crippen LogP contribution is 2.39. The monoisotopic (exact) mass is 479 g/mol.